The Morgan fingerprint density at radius 3 is 2.76 bits per heavy atom. The summed E-state index contributed by atoms with van der Waals surface area (Å²) in [5, 5.41) is 20.7. The summed E-state index contributed by atoms with van der Waals surface area (Å²) in [5.74, 6) is 2.35. The molecule has 1 fully saturated rings. The Balaban J connectivity index is 1.45. The molecule has 0 unspecified atom stereocenters. The van der Waals surface area contributed by atoms with Gasteiger partial charge in [-0.05, 0) is 31.0 Å². The number of ether oxygens (including phenoxy) is 1. The van der Waals surface area contributed by atoms with Gasteiger partial charge in [-0.2, -0.15) is 0 Å². The van der Waals surface area contributed by atoms with Crippen LogP contribution in [-0.2, 0) is 0 Å². The minimum Gasteiger partial charge on any atom is -0.486 e. The summed E-state index contributed by atoms with van der Waals surface area (Å²) < 4.78 is 13.4. The van der Waals surface area contributed by atoms with Crippen LogP contribution in [0.15, 0.2) is 52.2 Å². The Bertz CT molecular complexity index is 951. The van der Waals surface area contributed by atoms with E-state index in [0.717, 1.165) is 23.8 Å². The van der Waals surface area contributed by atoms with Gasteiger partial charge < -0.3 is 9.15 Å². The second-order valence-corrected chi connectivity index (χ2v) is 7.93. The van der Waals surface area contributed by atoms with Crippen LogP contribution in [0, 0.1) is 10.1 Å². The molecule has 0 saturated heterocycles. The van der Waals surface area contributed by atoms with Crippen LogP contribution in [0.1, 0.15) is 38.1 Å². The molecule has 1 aliphatic rings. The highest BCUT2D eigenvalue weighted by Crippen LogP contribution is 2.35. The largest absolute Gasteiger partial charge is 0.486 e. The zero-order valence-corrected chi connectivity index (χ0v) is 16.7. The summed E-state index contributed by atoms with van der Waals surface area (Å²) in [6.07, 6.45) is 7.51. The molecule has 0 N–H and O–H groups in total. The topological polar surface area (TPSA) is 96.2 Å². The lowest BCUT2D eigenvalue weighted by Crippen LogP contribution is -2.15. The summed E-state index contributed by atoms with van der Waals surface area (Å²) in [4.78, 5) is 10.7. The Kier molecular flexibility index (Phi) is 6.14. The third kappa shape index (κ3) is 4.45. The zero-order valence-electron chi connectivity index (χ0n) is 15.9. The van der Waals surface area contributed by atoms with Gasteiger partial charge in [-0.3, -0.25) is 14.7 Å². The maximum atomic E-state index is 11.1. The summed E-state index contributed by atoms with van der Waals surface area (Å²) >= 11 is 1.55. The minimum atomic E-state index is -0.433. The van der Waals surface area contributed by atoms with E-state index in [4.69, 9.17) is 9.15 Å². The van der Waals surface area contributed by atoms with Crippen molar-refractivity contribution in [3.05, 3.63) is 52.8 Å². The standard InChI is InChI=1S/C20H22N4O4S/c25-24(26)16-9-4-5-10-17(16)28-13-14-29-20-22-21-19(18-11-6-12-27-18)23(20)15-7-2-1-3-8-15/h4-6,9-12,15H,1-3,7-8,13-14H2. The molecule has 1 saturated carbocycles. The lowest BCUT2D eigenvalue weighted by atomic mass is 9.95. The van der Waals surface area contributed by atoms with Gasteiger partial charge in [0.1, 0.15) is 0 Å². The molecule has 0 radical (unpaired) electrons. The first-order valence-corrected chi connectivity index (χ1v) is 10.7. The molecule has 0 amide bonds. The number of nitrogens with zero attached hydrogens (tertiary/aromatic N) is 4. The first-order valence-electron chi connectivity index (χ1n) is 9.72. The molecular weight excluding hydrogens is 392 g/mol. The second kappa shape index (κ2) is 9.13. The van der Waals surface area contributed by atoms with Crippen LogP contribution in [0.3, 0.4) is 0 Å². The van der Waals surface area contributed by atoms with Gasteiger partial charge in [-0.1, -0.05) is 43.2 Å². The number of hydrogen-bond acceptors (Lipinski definition) is 7. The molecule has 152 valence electrons. The van der Waals surface area contributed by atoms with E-state index in [-0.39, 0.29) is 11.4 Å². The number of aromatic nitrogens is 3. The molecule has 1 aromatic carbocycles. The van der Waals surface area contributed by atoms with Gasteiger partial charge in [0.05, 0.1) is 17.8 Å². The van der Waals surface area contributed by atoms with Crippen molar-refractivity contribution in [2.75, 3.05) is 12.4 Å². The van der Waals surface area contributed by atoms with E-state index in [9.17, 15) is 10.1 Å². The minimum absolute atomic E-state index is 0.0250. The summed E-state index contributed by atoms with van der Waals surface area (Å²) in [6, 6.07) is 10.5. The van der Waals surface area contributed by atoms with Crippen molar-refractivity contribution >= 4 is 17.4 Å². The normalized spacial score (nSPS) is 14.8. The van der Waals surface area contributed by atoms with Crippen molar-refractivity contribution in [2.45, 2.75) is 43.3 Å². The molecule has 1 aliphatic carbocycles. The van der Waals surface area contributed by atoms with Crippen molar-refractivity contribution in [1.82, 2.24) is 14.8 Å². The van der Waals surface area contributed by atoms with E-state index in [0.29, 0.717) is 24.2 Å². The van der Waals surface area contributed by atoms with Crippen molar-refractivity contribution in [2.24, 2.45) is 0 Å². The zero-order chi connectivity index (χ0) is 20.1. The summed E-state index contributed by atoms with van der Waals surface area (Å²) in [7, 11) is 0. The number of para-hydroxylation sites is 2. The lowest BCUT2D eigenvalue weighted by molar-refractivity contribution is -0.385. The number of furan rings is 1. The van der Waals surface area contributed by atoms with Gasteiger partial charge in [0.15, 0.2) is 16.7 Å². The van der Waals surface area contributed by atoms with Crippen LogP contribution in [0.5, 0.6) is 5.75 Å². The highest BCUT2D eigenvalue weighted by molar-refractivity contribution is 7.99. The third-order valence-corrected chi connectivity index (χ3v) is 5.89. The molecule has 2 aromatic heterocycles. The van der Waals surface area contributed by atoms with Crippen LogP contribution in [0.4, 0.5) is 5.69 Å². The fourth-order valence-electron chi connectivity index (χ4n) is 3.63. The van der Waals surface area contributed by atoms with Gasteiger partial charge in [-0.15, -0.1) is 10.2 Å². The number of thioether (sulfide) groups is 1. The van der Waals surface area contributed by atoms with E-state index in [2.05, 4.69) is 14.8 Å². The lowest BCUT2D eigenvalue weighted by Gasteiger charge is -2.25. The molecule has 29 heavy (non-hydrogen) atoms. The van der Waals surface area contributed by atoms with Crippen LogP contribution in [0.25, 0.3) is 11.6 Å². The monoisotopic (exact) mass is 414 g/mol. The van der Waals surface area contributed by atoms with E-state index >= 15 is 0 Å². The Labute approximate surface area is 172 Å². The van der Waals surface area contributed by atoms with E-state index in [1.807, 2.05) is 12.1 Å². The fraction of sp³-hybridized carbons (Fsp3) is 0.400. The molecule has 9 heteroatoms. The van der Waals surface area contributed by atoms with Crippen LogP contribution >= 0.6 is 11.8 Å². The number of benzene rings is 1. The number of hydrogen-bond donors (Lipinski definition) is 0. The van der Waals surface area contributed by atoms with Gasteiger partial charge in [0.2, 0.25) is 5.82 Å². The average Bonchev–Trinajstić information content (AvgIpc) is 3.42. The fourth-order valence-corrected chi connectivity index (χ4v) is 4.45. The Morgan fingerprint density at radius 1 is 1.17 bits per heavy atom. The summed E-state index contributed by atoms with van der Waals surface area (Å²) in [5.41, 5.74) is -0.0250. The first-order chi connectivity index (χ1) is 14.2. The van der Waals surface area contributed by atoms with Crippen molar-refractivity contribution in [3.8, 4) is 17.3 Å². The smallest absolute Gasteiger partial charge is 0.310 e. The molecule has 2 heterocycles. The molecule has 0 aliphatic heterocycles. The van der Waals surface area contributed by atoms with Gasteiger partial charge in [0.25, 0.3) is 0 Å². The Morgan fingerprint density at radius 2 is 2.00 bits per heavy atom. The predicted octanol–water partition coefficient (Wildman–Crippen LogP) is 5.12. The average molecular weight is 414 g/mol. The highest BCUT2D eigenvalue weighted by Gasteiger charge is 2.25. The molecule has 4 rings (SSSR count). The quantitative estimate of drug-likeness (QED) is 0.218. The first kappa shape index (κ1) is 19.5. The number of rotatable bonds is 8. The van der Waals surface area contributed by atoms with Crippen LogP contribution in [0.2, 0.25) is 0 Å². The molecule has 0 spiro atoms. The van der Waals surface area contributed by atoms with Crippen molar-refractivity contribution in [1.29, 1.82) is 0 Å². The van der Waals surface area contributed by atoms with E-state index in [1.54, 1.807) is 36.2 Å². The molecule has 0 atom stereocenters. The molecule has 0 bridgehead atoms. The number of nitro benzene ring substituents is 1. The van der Waals surface area contributed by atoms with Crippen molar-refractivity contribution < 1.29 is 14.1 Å². The second-order valence-electron chi connectivity index (χ2n) is 6.87. The molecule has 8 nitrogen and oxygen atoms in total. The third-order valence-electron chi connectivity index (χ3n) is 4.98. The van der Waals surface area contributed by atoms with Crippen LogP contribution in [-0.4, -0.2) is 32.0 Å². The summed E-state index contributed by atoms with van der Waals surface area (Å²) in [6.45, 7) is 0.336. The van der Waals surface area contributed by atoms with Gasteiger partial charge in [-0.25, -0.2) is 0 Å². The van der Waals surface area contributed by atoms with Gasteiger partial charge >= 0.3 is 5.69 Å². The molecular formula is C20H22N4O4S. The SMILES string of the molecule is O=[N+]([O-])c1ccccc1OCCSc1nnc(-c2ccco2)n1C1CCCCC1. The molecule has 3 aromatic rings. The van der Waals surface area contributed by atoms with E-state index < -0.39 is 4.92 Å². The number of nitro groups is 1. The van der Waals surface area contributed by atoms with E-state index in [1.165, 1.54) is 25.3 Å². The van der Waals surface area contributed by atoms with Crippen LogP contribution < -0.4 is 4.74 Å². The predicted molar refractivity (Wildman–Crippen MR) is 109 cm³/mol. The maximum absolute atomic E-state index is 11.1. The Hall–Kier alpha value is -2.81. The highest BCUT2D eigenvalue weighted by atomic mass is 32.2. The maximum Gasteiger partial charge on any atom is 0.310 e. The van der Waals surface area contributed by atoms with Crippen molar-refractivity contribution in [3.63, 3.8) is 0 Å². The van der Waals surface area contributed by atoms with Gasteiger partial charge in [0, 0.05) is 17.9 Å².